The summed E-state index contributed by atoms with van der Waals surface area (Å²) in [5.74, 6) is 0.200. The zero-order valence-corrected chi connectivity index (χ0v) is 16.4. The second-order valence-electron chi connectivity index (χ2n) is 5.88. The van der Waals surface area contributed by atoms with Crippen molar-refractivity contribution in [1.82, 2.24) is 4.90 Å². The third-order valence-corrected chi connectivity index (χ3v) is 4.33. The van der Waals surface area contributed by atoms with Crippen LogP contribution >= 0.6 is 11.6 Å². The summed E-state index contributed by atoms with van der Waals surface area (Å²) >= 11 is 6.12. The number of nitrogens with zero attached hydrogens (tertiary/aromatic N) is 1. The molecular weight excluding hydrogens is 392 g/mol. The van der Waals surface area contributed by atoms with Gasteiger partial charge < -0.3 is 19.1 Å². The van der Waals surface area contributed by atoms with Crippen LogP contribution < -0.4 is 9.47 Å². The Bertz CT molecular complexity index is 789. The Morgan fingerprint density at radius 1 is 1.14 bits per heavy atom. The molecule has 0 atom stereocenters. The number of carbonyl (C=O) groups is 1. The van der Waals surface area contributed by atoms with E-state index < -0.39 is 18.9 Å². The van der Waals surface area contributed by atoms with Gasteiger partial charge in [0.05, 0.1) is 20.3 Å². The molecule has 0 bridgehead atoms. The van der Waals surface area contributed by atoms with E-state index in [9.17, 15) is 13.6 Å². The molecule has 0 radical (unpaired) electrons. The Balaban J connectivity index is 2.16. The maximum atomic E-state index is 12.8. The number of ether oxygens (including phenoxy) is 3. The number of halogens is 3. The molecule has 0 saturated carbocycles. The molecule has 0 N–H and O–H groups in total. The molecular formula is C20H22ClF2NO4. The highest BCUT2D eigenvalue weighted by Gasteiger charge is 2.21. The van der Waals surface area contributed by atoms with Gasteiger partial charge in [0.15, 0.2) is 11.5 Å². The number of rotatable bonds is 10. The van der Waals surface area contributed by atoms with E-state index in [0.29, 0.717) is 16.5 Å². The minimum absolute atomic E-state index is 0.0622. The van der Waals surface area contributed by atoms with Crippen LogP contribution in [0, 0.1) is 0 Å². The Hall–Kier alpha value is -2.38. The van der Waals surface area contributed by atoms with Crippen molar-refractivity contribution in [3.8, 4) is 11.5 Å². The first-order chi connectivity index (χ1) is 13.5. The highest BCUT2D eigenvalue weighted by Crippen LogP contribution is 2.30. The average Bonchev–Trinajstić information content (AvgIpc) is 2.69. The highest BCUT2D eigenvalue weighted by molar-refractivity contribution is 6.31. The van der Waals surface area contributed by atoms with Crippen LogP contribution in [0.1, 0.15) is 15.9 Å². The second-order valence-corrected chi connectivity index (χ2v) is 6.29. The lowest BCUT2D eigenvalue weighted by molar-refractivity contribution is 0.0478. The number of methoxy groups -OCH3 is 2. The van der Waals surface area contributed by atoms with Gasteiger partial charge in [0.1, 0.15) is 6.61 Å². The second kappa shape index (κ2) is 10.8. The van der Waals surface area contributed by atoms with Crippen LogP contribution in [0.4, 0.5) is 8.78 Å². The maximum absolute atomic E-state index is 12.8. The Morgan fingerprint density at radius 3 is 2.54 bits per heavy atom. The molecule has 28 heavy (non-hydrogen) atoms. The standard InChI is InChI=1S/C20H22ClF2NO4/c1-26-10-9-24(12-19(22)23)20(25)14-7-8-17(18(11-14)27-2)28-13-15-5-3-4-6-16(15)21/h3-8,11,19H,9-10,12-13H2,1-2H3. The van der Waals surface area contributed by atoms with Crippen molar-refractivity contribution in [3.05, 3.63) is 58.6 Å². The van der Waals surface area contributed by atoms with E-state index in [4.69, 9.17) is 25.8 Å². The summed E-state index contributed by atoms with van der Waals surface area (Å²) in [4.78, 5) is 13.7. The van der Waals surface area contributed by atoms with Crippen molar-refractivity contribution in [1.29, 1.82) is 0 Å². The van der Waals surface area contributed by atoms with E-state index in [1.54, 1.807) is 12.1 Å². The minimum atomic E-state index is -2.64. The Labute approximate surface area is 167 Å². The first kappa shape index (κ1) is 21.9. The van der Waals surface area contributed by atoms with Crippen molar-refractivity contribution in [2.75, 3.05) is 33.9 Å². The highest BCUT2D eigenvalue weighted by atomic mass is 35.5. The van der Waals surface area contributed by atoms with E-state index in [-0.39, 0.29) is 25.3 Å². The van der Waals surface area contributed by atoms with Crippen molar-refractivity contribution >= 4 is 17.5 Å². The summed E-state index contributed by atoms with van der Waals surface area (Å²) < 4.78 is 41.5. The first-order valence-corrected chi connectivity index (χ1v) is 8.94. The molecule has 2 aromatic rings. The molecule has 1 amide bonds. The third kappa shape index (κ3) is 6.07. The van der Waals surface area contributed by atoms with E-state index in [2.05, 4.69) is 0 Å². The van der Waals surface area contributed by atoms with Crippen LogP contribution in [0.2, 0.25) is 5.02 Å². The lowest BCUT2D eigenvalue weighted by Crippen LogP contribution is -2.37. The first-order valence-electron chi connectivity index (χ1n) is 8.56. The molecule has 5 nitrogen and oxygen atoms in total. The summed E-state index contributed by atoms with van der Waals surface area (Å²) in [6.07, 6.45) is -2.64. The third-order valence-electron chi connectivity index (χ3n) is 3.96. The van der Waals surface area contributed by atoms with Gasteiger partial charge in [-0.05, 0) is 24.3 Å². The largest absolute Gasteiger partial charge is 0.493 e. The monoisotopic (exact) mass is 413 g/mol. The predicted octanol–water partition coefficient (Wildman–Crippen LogP) is 4.28. The van der Waals surface area contributed by atoms with Crippen LogP contribution in [0.15, 0.2) is 42.5 Å². The summed E-state index contributed by atoms with van der Waals surface area (Å²) in [6.45, 7) is -0.231. The lowest BCUT2D eigenvalue weighted by atomic mass is 10.1. The number of benzene rings is 2. The van der Waals surface area contributed by atoms with Crippen molar-refractivity contribution in [2.45, 2.75) is 13.0 Å². The topological polar surface area (TPSA) is 48.0 Å². The molecule has 152 valence electrons. The van der Waals surface area contributed by atoms with Gasteiger partial charge >= 0.3 is 0 Å². The SMILES string of the molecule is COCCN(CC(F)F)C(=O)c1ccc(OCc2ccccc2Cl)c(OC)c1. The summed E-state index contributed by atoms with van der Waals surface area (Å²) in [5, 5.41) is 0.578. The van der Waals surface area contributed by atoms with E-state index in [0.717, 1.165) is 10.5 Å². The zero-order chi connectivity index (χ0) is 20.5. The van der Waals surface area contributed by atoms with Crippen molar-refractivity contribution in [2.24, 2.45) is 0 Å². The number of hydrogen-bond donors (Lipinski definition) is 0. The van der Waals surface area contributed by atoms with Crippen LogP contribution in [-0.4, -0.2) is 51.1 Å². The van der Waals surface area contributed by atoms with Gasteiger partial charge in [-0.3, -0.25) is 4.79 Å². The summed E-state index contributed by atoms with van der Waals surface area (Å²) in [5.41, 5.74) is 1.02. The Kier molecular flexibility index (Phi) is 8.47. The fourth-order valence-electron chi connectivity index (χ4n) is 2.52. The molecule has 0 unspecified atom stereocenters. The van der Waals surface area contributed by atoms with Crippen LogP contribution in [-0.2, 0) is 11.3 Å². The van der Waals surface area contributed by atoms with Gasteiger partial charge in [-0.1, -0.05) is 29.8 Å². The quantitative estimate of drug-likeness (QED) is 0.583. The minimum Gasteiger partial charge on any atom is -0.493 e. The van der Waals surface area contributed by atoms with Gasteiger partial charge in [-0.2, -0.15) is 0 Å². The van der Waals surface area contributed by atoms with Crippen LogP contribution in [0.5, 0.6) is 11.5 Å². The average molecular weight is 414 g/mol. The molecule has 0 heterocycles. The maximum Gasteiger partial charge on any atom is 0.255 e. The fourth-order valence-corrected chi connectivity index (χ4v) is 2.71. The van der Waals surface area contributed by atoms with Gasteiger partial charge in [0.2, 0.25) is 0 Å². The van der Waals surface area contributed by atoms with Crippen LogP contribution in [0.3, 0.4) is 0 Å². The molecule has 0 spiro atoms. The van der Waals surface area contributed by atoms with Gasteiger partial charge in [0, 0.05) is 29.8 Å². The Morgan fingerprint density at radius 2 is 1.89 bits per heavy atom. The van der Waals surface area contributed by atoms with Crippen molar-refractivity contribution < 1.29 is 27.8 Å². The van der Waals surface area contributed by atoms with Gasteiger partial charge in [0.25, 0.3) is 12.3 Å². The molecule has 8 heteroatoms. The van der Waals surface area contributed by atoms with E-state index in [1.807, 2.05) is 18.2 Å². The smallest absolute Gasteiger partial charge is 0.255 e. The van der Waals surface area contributed by atoms with Crippen LogP contribution in [0.25, 0.3) is 0 Å². The molecule has 2 aromatic carbocycles. The number of hydrogen-bond acceptors (Lipinski definition) is 4. The molecule has 0 aliphatic rings. The van der Waals surface area contributed by atoms with Crippen molar-refractivity contribution in [3.63, 3.8) is 0 Å². The van der Waals surface area contributed by atoms with Gasteiger partial charge in [-0.25, -0.2) is 8.78 Å². The summed E-state index contributed by atoms with van der Waals surface area (Å²) in [6, 6.07) is 11.8. The lowest BCUT2D eigenvalue weighted by Gasteiger charge is -2.22. The molecule has 0 aliphatic carbocycles. The fraction of sp³-hybridized carbons (Fsp3) is 0.350. The number of amides is 1. The molecule has 2 rings (SSSR count). The molecule has 0 fully saturated rings. The van der Waals surface area contributed by atoms with Gasteiger partial charge in [-0.15, -0.1) is 0 Å². The molecule has 0 aromatic heterocycles. The normalized spacial score (nSPS) is 10.8. The molecule has 0 saturated heterocycles. The molecule has 0 aliphatic heterocycles. The number of carbonyl (C=O) groups excluding carboxylic acids is 1. The number of alkyl halides is 2. The predicted molar refractivity (Wildman–Crippen MR) is 103 cm³/mol. The summed E-state index contributed by atoms with van der Waals surface area (Å²) in [7, 11) is 2.88. The van der Waals surface area contributed by atoms with E-state index >= 15 is 0 Å². The zero-order valence-electron chi connectivity index (χ0n) is 15.7. The van der Waals surface area contributed by atoms with E-state index in [1.165, 1.54) is 26.4 Å².